The predicted octanol–water partition coefficient (Wildman–Crippen LogP) is 8.02. The second kappa shape index (κ2) is 6.64. The number of hydrogen-bond acceptors (Lipinski definition) is 1. The van der Waals surface area contributed by atoms with Crippen molar-refractivity contribution in [2.45, 2.75) is 119 Å². The molecule has 0 aromatic carbocycles. The molecule has 5 rings (SSSR count). The van der Waals surface area contributed by atoms with Gasteiger partial charge in [0.15, 0.2) is 0 Å². The zero-order valence-electron chi connectivity index (χ0n) is 21.9. The third kappa shape index (κ3) is 2.65. The van der Waals surface area contributed by atoms with Gasteiger partial charge in [0, 0.05) is 5.41 Å². The van der Waals surface area contributed by atoms with E-state index in [0.29, 0.717) is 27.6 Å². The monoisotopic (exact) mass is 426 g/mol. The van der Waals surface area contributed by atoms with E-state index in [9.17, 15) is 5.11 Å². The van der Waals surface area contributed by atoms with Gasteiger partial charge < -0.3 is 5.11 Å². The maximum absolute atomic E-state index is 10.8. The van der Waals surface area contributed by atoms with Crippen LogP contribution >= 0.6 is 0 Å². The number of rotatable bonds is 1. The van der Waals surface area contributed by atoms with Crippen LogP contribution in [0.15, 0.2) is 11.6 Å². The standard InChI is InChI=1S/C30H50O/c1-19(2)20-13-14-27(5)15-17-29(7)23-11-9-21-22(10-12-24(31)26(21,3)4)28(23,6)16-18-30(29,8)25(20)27/h9,19-20,22-25,31H,10-18H2,1-8H3/t20?,22-,23-,24+,25+,27+,28+,29+,30-/m1/s1. The molecule has 0 saturated heterocycles. The topological polar surface area (TPSA) is 20.2 Å². The Hall–Kier alpha value is -0.300. The molecule has 0 aliphatic heterocycles. The first-order valence-corrected chi connectivity index (χ1v) is 13.7. The Morgan fingerprint density at radius 1 is 0.839 bits per heavy atom. The smallest absolute Gasteiger partial charge is 0.0628 e. The van der Waals surface area contributed by atoms with Crippen LogP contribution in [0.4, 0.5) is 0 Å². The van der Waals surface area contributed by atoms with Crippen molar-refractivity contribution in [3.63, 3.8) is 0 Å². The van der Waals surface area contributed by atoms with E-state index in [4.69, 9.17) is 0 Å². The molecule has 5 aliphatic rings. The minimum Gasteiger partial charge on any atom is -0.392 e. The van der Waals surface area contributed by atoms with Crippen molar-refractivity contribution >= 4 is 0 Å². The van der Waals surface area contributed by atoms with Gasteiger partial charge in [-0.3, -0.25) is 0 Å². The Balaban J connectivity index is 1.58. The molecule has 0 bridgehead atoms. The van der Waals surface area contributed by atoms with E-state index >= 15 is 0 Å². The lowest BCUT2D eigenvalue weighted by atomic mass is 9.33. The highest BCUT2D eigenvalue weighted by molar-refractivity contribution is 5.30. The van der Waals surface area contributed by atoms with Gasteiger partial charge in [0.2, 0.25) is 0 Å². The van der Waals surface area contributed by atoms with Gasteiger partial charge in [-0.25, -0.2) is 0 Å². The maximum Gasteiger partial charge on any atom is 0.0628 e. The lowest BCUT2D eigenvalue weighted by Gasteiger charge is -2.72. The van der Waals surface area contributed by atoms with E-state index in [2.05, 4.69) is 61.5 Å². The second-order valence-corrected chi connectivity index (χ2v) is 14.7. The molecule has 1 N–H and O–H groups in total. The molecule has 31 heavy (non-hydrogen) atoms. The van der Waals surface area contributed by atoms with E-state index in [-0.39, 0.29) is 11.5 Å². The fraction of sp³-hybridized carbons (Fsp3) is 0.933. The summed E-state index contributed by atoms with van der Waals surface area (Å²) in [5.41, 5.74) is 3.48. The second-order valence-electron chi connectivity index (χ2n) is 14.7. The van der Waals surface area contributed by atoms with Crippen LogP contribution in [0.3, 0.4) is 0 Å². The van der Waals surface area contributed by atoms with Crippen molar-refractivity contribution in [3.8, 4) is 0 Å². The molecule has 1 nitrogen and oxygen atoms in total. The quantitative estimate of drug-likeness (QED) is 0.421. The summed E-state index contributed by atoms with van der Waals surface area (Å²) in [7, 11) is 0. The first-order valence-electron chi connectivity index (χ1n) is 13.7. The van der Waals surface area contributed by atoms with Gasteiger partial charge in [-0.05, 0) is 109 Å². The average Bonchev–Trinajstić information content (AvgIpc) is 3.06. The van der Waals surface area contributed by atoms with Crippen molar-refractivity contribution in [2.24, 2.45) is 56.7 Å². The molecule has 1 unspecified atom stereocenters. The molecule has 4 fully saturated rings. The summed E-state index contributed by atoms with van der Waals surface area (Å²) < 4.78 is 0. The molecule has 0 radical (unpaired) electrons. The van der Waals surface area contributed by atoms with Crippen molar-refractivity contribution in [1.29, 1.82) is 0 Å². The van der Waals surface area contributed by atoms with Crippen LogP contribution in [-0.2, 0) is 0 Å². The third-order valence-corrected chi connectivity index (χ3v) is 13.1. The summed E-state index contributed by atoms with van der Waals surface area (Å²) in [6.45, 7) is 20.5. The van der Waals surface area contributed by atoms with Crippen molar-refractivity contribution in [3.05, 3.63) is 11.6 Å². The summed E-state index contributed by atoms with van der Waals surface area (Å²) in [6.07, 6.45) is 14.5. The van der Waals surface area contributed by atoms with E-state index in [1.165, 1.54) is 51.4 Å². The SMILES string of the molecule is CC(C)C1CC[C@@]2(C)CC[C@@]3(C)[C@@H]4CC=C5[C@@H](CC[C@H](O)C5(C)C)[C@]4(C)CC[C@]3(C)[C@@H]12. The molecule has 0 heterocycles. The Labute approximate surface area is 192 Å². The van der Waals surface area contributed by atoms with E-state index in [1.807, 2.05) is 0 Å². The van der Waals surface area contributed by atoms with Gasteiger partial charge >= 0.3 is 0 Å². The number of fused-ring (bicyclic) bond motifs is 7. The van der Waals surface area contributed by atoms with Crippen molar-refractivity contribution < 1.29 is 5.11 Å². The predicted molar refractivity (Wildman–Crippen MR) is 131 cm³/mol. The molecule has 9 atom stereocenters. The van der Waals surface area contributed by atoms with Crippen LogP contribution in [0.2, 0.25) is 0 Å². The molecule has 5 aliphatic carbocycles. The highest BCUT2D eigenvalue weighted by Crippen LogP contribution is 2.77. The number of aliphatic hydroxyl groups excluding tert-OH is 1. The Morgan fingerprint density at radius 2 is 1.52 bits per heavy atom. The lowest BCUT2D eigenvalue weighted by molar-refractivity contribution is -0.217. The molecule has 1 heteroatoms. The summed E-state index contributed by atoms with van der Waals surface area (Å²) >= 11 is 0. The largest absolute Gasteiger partial charge is 0.392 e. The highest BCUT2D eigenvalue weighted by atomic mass is 16.3. The van der Waals surface area contributed by atoms with Gasteiger partial charge in [0.25, 0.3) is 0 Å². The Bertz CT molecular complexity index is 777. The summed E-state index contributed by atoms with van der Waals surface area (Å²) in [5.74, 6) is 4.12. The molecule has 4 saturated carbocycles. The van der Waals surface area contributed by atoms with E-state index in [1.54, 1.807) is 5.57 Å². The van der Waals surface area contributed by atoms with Crippen LogP contribution in [-0.4, -0.2) is 11.2 Å². The molecule has 0 amide bonds. The van der Waals surface area contributed by atoms with Crippen LogP contribution in [0.1, 0.15) is 113 Å². The van der Waals surface area contributed by atoms with E-state index < -0.39 is 0 Å². The maximum atomic E-state index is 10.8. The fourth-order valence-corrected chi connectivity index (χ4v) is 11.0. The Morgan fingerprint density at radius 3 is 2.19 bits per heavy atom. The van der Waals surface area contributed by atoms with E-state index in [0.717, 1.165) is 30.1 Å². The van der Waals surface area contributed by atoms with Gasteiger partial charge in [-0.2, -0.15) is 0 Å². The van der Waals surface area contributed by atoms with Gasteiger partial charge in [-0.15, -0.1) is 0 Å². The van der Waals surface area contributed by atoms with Crippen LogP contribution in [0.5, 0.6) is 0 Å². The van der Waals surface area contributed by atoms with Crippen LogP contribution < -0.4 is 0 Å². The minimum atomic E-state index is -0.166. The molecule has 0 spiro atoms. The molecule has 0 aromatic heterocycles. The minimum absolute atomic E-state index is 0.0438. The number of aliphatic hydroxyl groups is 1. The molecular weight excluding hydrogens is 376 g/mol. The van der Waals surface area contributed by atoms with Gasteiger partial charge in [-0.1, -0.05) is 67.0 Å². The van der Waals surface area contributed by atoms with Gasteiger partial charge in [0.05, 0.1) is 6.10 Å². The Kier molecular flexibility index (Phi) is 4.82. The normalized spacial score (nSPS) is 55.7. The van der Waals surface area contributed by atoms with Gasteiger partial charge in [0.1, 0.15) is 0 Å². The zero-order chi connectivity index (χ0) is 22.6. The highest BCUT2D eigenvalue weighted by Gasteiger charge is 2.70. The lowest BCUT2D eigenvalue weighted by Crippen LogP contribution is -2.65. The first kappa shape index (κ1) is 22.5. The summed E-state index contributed by atoms with van der Waals surface area (Å²) in [6, 6.07) is 0. The zero-order valence-corrected chi connectivity index (χ0v) is 21.9. The average molecular weight is 427 g/mol. The molecule has 0 aromatic rings. The first-order chi connectivity index (χ1) is 14.3. The number of allylic oxidation sites excluding steroid dienone is 1. The number of hydrogen-bond donors (Lipinski definition) is 1. The molecular formula is C30H50O. The fourth-order valence-electron chi connectivity index (χ4n) is 11.0. The van der Waals surface area contributed by atoms with Crippen molar-refractivity contribution in [1.82, 2.24) is 0 Å². The third-order valence-electron chi connectivity index (χ3n) is 13.1. The summed E-state index contributed by atoms with van der Waals surface area (Å²) in [5, 5.41) is 10.8. The summed E-state index contributed by atoms with van der Waals surface area (Å²) in [4.78, 5) is 0. The molecule has 176 valence electrons. The van der Waals surface area contributed by atoms with Crippen molar-refractivity contribution in [2.75, 3.05) is 0 Å². The van der Waals surface area contributed by atoms with Crippen LogP contribution in [0, 0.1) is 56.7 Å². The van der Waals surface area contributed by atoms with Crippen LogP contribution in [0.25, 0.3) is 0 Å².